The van der Waals surface area contributed by atoms with Crippen molar-refractivity contribution in [1.82, 2.24) is 0 Å². The molecule has 6 heteroatoms. The number of hydrogen-bond acceptors (Lipinski definition) is 4. The van der Waals surface area contributed by atoms with E-state index in [0.29, 0.717) is 0 Å². The Bertz CT molecular complexity index is 282. The molecule has 0 rings (SSSR count). The number of ether oxygens (including phenoxy) is 1. The van der Waals surface area contributed by atoms with Crippen molar-refractivity contribution in [3.63, 3.8) is 0 Å². The molecule has 2 N–H and O–H groups in total. The van der Waals surface area contributed by atoms with Crippen molar-refractivity contribution in [3.8, 4) is 0 Å². The molecule has 0 heterocycles. The Morgan fingerprint density at radius 1 is 1.40 bits per heavy atom. The molecule has 0 saturated carbocycles. The summed E-state index contributed by atoms with van der Waals surface area (Å²) in [7, 11) is 0. The van der Waals surface area contributed by atoms with E-state index in [-0.39, 0.29) is 0 Å². The second-order valence-corrected chi connectivity index (χ2v) is 2.81. The first-order valence-electron chi connectivity index (χ1n) is 4.14. The van der Waals surface area contributed by atoms with E-state index in [4.69, 9.17) is 14.9 Å². The van der Waals surface area contributed by atoms with Gasteiger partial charge in [0, 0.05) is 0 Å². The lowest BCUT2D eigenvalue weighted by Crippen LogP contribution is -2.33. The van der Waals surface area contributed by atoms with Crippen LogP contribution in [0.15, 0.2) is 12.7 Å². The van der Waals surface area contributed by atoms with Gasteiger partial charge in [-0.05, 0) is 13.0 Å². The van der Waals surface area contributed by atoms with Gasteiger partial charge in [0.1, 0.15) is 6.10 Å². The Kier molecular flexibility index (Phi) is 5.25. The minimum Gasteiger partial charge on any atom is -0.481 e. The molecule has 0 radical (unpaired) electrons. The molecule has 0 bridgehead atoms. The third-order valence-corrected chi connectivity index (χ3v) is 1.61. The van der Waals surface area contributed by atoms with Gasteiger partial charge in [0.05, 0.1) is 6.42 Å². The highest BCUT2D eigenvalue weighted by Gasteiger charge is 2.25. The number of carboxylic acid groups (broad SMARTS) is 2. The van der Waals surface area contributed by atoms with Gasteiger partial charge in [-0.1, -0.05) is 6.58 Å². The average molecular weight is 216 g/mol. The largest absolute Gasteiger partial charge is 0.481 e. The Balaban J connectivity index is 4.40. The number of carboxylic acids is 2. The predicted octanol–water partition coefficient (Wildman–Crippen LogP) is 0.0745. The first-order chi connectivity index (χ1) is 6.88. The van der Waals surface area contributed by atoms with Gasteiger partial charge in [-0.2, -0.15) is 0 Å². The van der Waals surface area contributed by atoms with E-state index in [1.165, 1.54) is 6.92 Å². The Labute approximate surface area is 86.2 Å². The smallest absolute Gasteiger partial charge is 0.333 e. The summed E-state index contributed by atoms with van der Waals surface area (Å²) in [5, 5.41) is 17.0. The van der Waals surface area contributed by atoms with Crippen LogP contribution in [0.5, 0.6) is 0 Å². The Hall–Kier alpha value is -1.69. The maximum absolute atomic E-state index is 11.0. The molecule has 0 aliphatic carbocycles. The molecular weight excluding hydrogens is 204 g/mol. The third-order valence-electron chi connectivity index (χ3n) is 1.61. The number of carbonyl (C=O) groups is 3. The van der Waals surface area contributed by atoms with E-state index in [2.05, 4.69) is 6.58 Å². The van der Waals surface area contributed by atoms with Gasteiger partial charge in [-0.15, -0.1) is 0 Å². The summed E-state index contributed by atoms with van der Waals surface area (Å²) in [6.45, 7) is 4.54. The zero-order chi connectivity index (χ0) is 12.0. The van der Waals surface area contributed by atoms with Crippen LogP contribution in [-0.4, -0.2) is 40.1 Å². The van der Waals surface area contributed by atoms with Crippen molar-refractivity contribution >= 4 is 17.7 Å². The quantitative estimate of drug-likeness (QED) is 0.584. The highest BCUT2D eigenvalue weighted by molar-refractivity contribution is 5.93. The molecule has 0 fully saturated rings. The summed E-state index contributed by atoms with van der Waals surface area (Å²) >= 11 is 0. The number of hydrogen-bond donors (Lipinski definition) is 2. The molecule has 0 spiro atoms. The highest BCUT2D eigenvalue weighted by Crippen LogP contribution is 2.05. The van der Waals surface area contributed by atoms with Crippen LogP contribution in [0.2, 0.25) is 0 Å². The summed E-state index contributed by atoms with van der Waals surface area (Å²) in [5.41, 5.74) is 0. The summed E-state index contributed by atoms with van der Waals surface area (Å²) in [5.74, 6) is -3.21. The van der Waals surface area contributed by atoms with Gasteiger partial charge in [0.2, 0.25) is 0 Å². The highest BCUT2D eigenvalue weighted by atomic mass is 16.5. The summed E-state index contributed by atoms with van der Waals surface area (Å²) in [6.07, 6.45) is -2.24. The van der Waals surface area contributed by atoms with Crippen LogP contribution in [0, 0.1) is 0 Å². The van der Waals surface area contributed by atoms with Gasteiger partial charge in [-0.3, -0.25) is 9.59 Å². The molecule has 84 valence electrons. The SMILES string of the molecule is C=CC(=O)C(C)OC(CC(=O)O)C(=O)O. The lowest BCUT2D eigenvalue weighted by atomic mass is 10.2. The van der Waals surface area contributed by atoms with Crippen molar-refractivity contribution < 1.29 is 29.3 Å². The summed E-state index contributed by atoms with van der Waals surface area (Å²) < 4.78 is 4.77. The van der Waals surface area contributed by atoms with Crippen molar-refractivity contribution in [2.75, 3.05) is 0 Å². The fourth-order valence-electron chi connectivity index (χ4n) is 0.832. The van der Waals surface area contributed by atoms with Gasteiger partial charge in [0.25, 0.3) is 0 Å². The molecule has 0 aliphatic rings. The monoisotopic (exact) mass is 216 g/mol. The molecule has 2 unspecified atom stereocenters. The minimum absolute atomic E-state index is 0.494. The fraction of sp³-hybridized carbons (Fsp3) is 0.444. The Morgan fingerprint density at radius 3 is 2.27 bits per heavy atom. The maximum Gasteiger partial charge on any atom is 0.333 e. The molecule has 15 heavy (non-hydrogen) atoms. The predicted molar refractivity (Wildman–Crippen MR) is 49.4 cm³/mol. The van der Waals surface area contributed by atoms with Gasteiger partial charge in [0.15, 0.2) is 11.9 Å². The van der Waals surface area contributed by atoms with Crippen LogP contribution in [0.3, 0.4) is 0 Å². The maximum atomic E-state index is 11.0. The Morgan fingerprint density at radius 2 is 1.93 bits per heavy atom. The lowest BCUT2D eigenvalue weighted by Gasteiger charge is -2.15. The average Bonchev–Trinajstić information content (AvgIpc) is 2.14. The van der Waals surface area contributed by atoms with Crippen LogP contribution < -0.4 is 0 Å². The third kappa shape index (κ3) is 4.92. The van der Waals surface area contributed by atoms with Crippen LogP contribution in [-0.2, 0) is 19.1 Å². The fourth-order valence-corrected chi connectivity index (χ4v) is 0.832. The van der Waals surface area contributed by atoms with Crippen LogP contribution >= 0.6 is 0 Å². The summed E-state index contributed by atoms with van der Waals surface area (Å²) in [6, 6.07) is 0. The van der Waals surface area contributed by atoms with Crippen molar-refractivity contribution in [3.05, 3.63) is 12.7 Å². The van der Waals surface area contributed by atoms with E-state index in [1.54, 1.807) is 0 Å². The zero-order valence-corrected chi connectivity index (χ0v) is 8.17. The number of ketones is 1. The molecule has 0 amide bonds. The lowest BCUT2D eigenvalue weighted by molar-refractivity contribution is -0.161. The minimum atomic E-state index is -1.53. The number of rotatable bonds is 7. The van der Waals surface area contributed by atoms with E-state index in [9.17, 15) is 14.4 Å². The van der Waals surface area contributed by atoms with Gasteiger partial charge in [-0.25, -0.2) is 4.79 Å². The molecule has 0 aromatic carbocycles. The van der Waals surface area contributed by atoms with E-state index < -0.39 is 36.4 Å². The molecule has 0 aliphatic heterocycles. The molecular formula is C9H12O6. The van der Waals surface area contributed by atoms with Crippen molar-refractivity contribution in [1.29, 1.82) is 0 Å². The van der Waals surface area contributed by atoms with Gasteiger partial charge >= 0.3 is 11.9 Å². The standard InChI is InChI=1S/C9H12O6/c1-3-6(10)5(2)15-7(9(13)14)4-8(11)12/h3,5,7H,1,4H2,2H3,(H,11,12)(H,13,14). The molecule has 0 saturated heterocycles. The normalized spacial score (nSPS) is 13.9. The molecule has 2 atom stereocenters. The second kappa shape index (κ2) is 5.92. The van der Waals surface area contributed by atoms with Crippen LogP contribution in [0.1, 0.15) is 13.3 Å². The van der Waals surface area contributed by atoms with E-state index in [1.807, 2.05) is 0 Å². The molecule has 0 aromatic heterocycles. The van der Waals surface area contributed by atoms with Gasteiger partial charge < -0.3 is 14.9 Å². The van der Waals surface area contributed by atoms with E-state index in [0.717, 1.165) is 6.08 Å². The first-order valence-corrected chi connectivity index (χ1v) is 4.14. The molecule has 6 nitrogen and oxygen atoms in total. The topological polar surface area (TPSA) is 101 Å². The number of aliphatic carboxylic acids is 2. The van der Waals surface area contributed by atoms with Crippen LogP contribution in [0.25, 0.3) is 0 Å². The first kappa shape index (κ1) is 13.3. The summed E-state index contributed by atoms with van der Waals surface area (Å²) in [4.78, 5) is 31.8. The number of carbonyl (C=O) groups excluding carboxylic acids is 1. The van der Waals surface area contributed by atoms with Crippen LogP contribution in [0.4, 0.5) is 0 Å². The van der Waals surface area contributed by atoms with Crippen molar-refractivity contribution in [2.24, 2.45) is 0 Å². The molecule has 0 aromatic rings. The van der Waals surface area contributed by atoms with Crippen molar-refractivity contribution in [2.45, 2.75) is 25.6 Å². The van der Waals surface area contributed by atoms with E-state index >= 15 is 0 Å². The second-order valence-electron chi connectivity index (χ2n) is 2.81. The zero-order valence-electron chi connectivity index (χ0n) is 8.17.